The van der Waals surface area contributed by atoms with Crippen molar-refractivity contribution in [3.05, 3.63) is 30.6 Å². The topological polar surface area (TPSA) is 124 Å². The van der Waals surface area contributed by atoms with Crippen LogP contribution in [0.4, 0.5) is 0 Å². The number of imidazole rings is 1. The van der Waals surface area contributed by atoms with Crippen molar-refractivity contribution in [1.82, 2.24) is 25.1 Å². The van der Waals surface area contributed by atoms with E-state index in [0.717, 1.165) is 5.56 Å². The first-order chi connectivity index (χ1) is 17.3. The Morgan fingerprint density at radius 2 is 2.06 bits per heavy atom. The Balaban J connectivity index is 1.91. The number of methoxy groups -OCH3 is 2. The molecule has 0 unspecified atom stereocenters. The summed E-state index contributed by atoms with van der Waals surface area (Å²) in [6, 6.07) is 4.77. The zero-order chi connectivity index (χ0) is 26.1. The molecule has 196 valence electrons. The number of ether oxygens (including phenoxy) is 3. The molecule has 3 amide bonds. The van der Waals surface area contributed by atoms with Crippen LogP contribution in [0.3, 0.4) is 0 Å². The average molecular weight is 502 g/mol. The van der Waals surface area contributed by atoms with Crippen LogP contribution in [0.25, 0.3) is 11.4 Å². The predicted octanol–water partition coefficient (Wildman–Crippen LogP) is 1.07. The minimum atomic E-state index is -0.734. The van der Waals surface area contributed by atoms with E-state index in [2.05, 4.69) is 15.6 Å². The fourth-order valence-corrected chi connectivity index (χ4v) is 3.92. The van der Waals surface area contributed by atoms with Crippen LogP contribution in [-0.4, -0.2) is 85.3 Å². The van der Waals surface area contributed by atoms with Gasteiger partial charge in [-0.05, 0) is 24.1 Å². The van der Waals surface area contributed by atoms with Gasteiger partial charge in [-0.1, -0.05) is 13.8 Å². The van der Waals surface area contributed by atoms with Gasteiger partial charge in [-0.2, -0.15) is 0 Å². The summed E-state index contributed by atoms with van der Waals surface area (Å²) in [6.07, 6.45) is 3.66. The van der Waals surface area contributed by atoms with Gasteiger partial charge in [-0.25, -0.2) is 4.98 Å². The van der Waals surface area contributed by atoms with E-state index in [4.69, 9.17) is 14.2 Å². The smallest absolute Gasteiger partial charge is 0.242 e. The highest BCUT2D eigenvalue weighted by Crippen LogP contribution is 2.32. The molecular formula is C25H35N5O6. The minimum absolute atomic E-state index is 0.124. The van der Waals surface area contributed by atoms with E-state index in [9.17, 15) is 14.4 Å². The van der Waals surface area contributed by atoms with E-state index < -0.39 is 11.9 Å². The standard InChI is InChI=1S/C25H35N5O6/c1-17(2)23-25(33)27-9-11-29-10-8-26-24(29)18-5-6-19(35-4)20(15-18)36-14-12-30(16-21(31)28-23)22(32)7-13-34-3/h5-6,8,10,15,17,23H,7,9,11-14,16H2,1-4H3,(H,27,33)(H,28,31)/t23-/m1/s1. The molecule has 11 nitrogen and oxygen atoms in total. The third kappa shape index (κ3) is 6.97. The van der Waals surface area contributed by atoms with Crippen molar-refractivity contribution in [3.8, 4) is 22.9 Å². The molecule has 0 spiro atoms. The van der Waals surface area contributed by atoms with Crippen molar-refractivity contribution in [2.75, 3.05) is 47.1 Å². The number of fused-ring (bicyclic) bond motifs is 4. The number of rotatable bonds is 5. The lowest BCUT2D eigenvalue weighted by atomic mass is 10.0. The Kier molecular flexibility index (Phi) is 9.69. The Morgan fingerprint density at radius 3 is 2.78 bits per heavy atom. The zero-order valence-corrected chi connectivity index (χ0v) is 21.3. The molecule has 2 aromatic rings. The maximum absolute atomic E-state index is 12.9. The van der Waals surface area contributed by atoms with Gasteiger partial charge in [-0.15, -0.1) is 0 Å². The molecule has 1 aliphatic rings. The number of nitrogens with zero attached hydrogens (tertiary/aromatic N) is 3. The number of hydrogen-bond acceptors (Lipinski definition) is 7. The van der Waals surface area contributed by atoms with Crippen LogP contribution in [0, 0.1) is 5.92 Å². The third-order valence-corrected chi connectivity index (χ3v) is 5.88. The molecule has 0 saturated carbocycles. The highest BCUT2D eigenvalue weighted by molar-refractivity contribution is 5.90. The fraction of sp³-hybridized carbons (Fsp3) is 0.520. The molecule has 0 radical (unpaired) electrons. The van der Waals surface area contributed by atoms with Crippen molar-refractivity contribution >= 4 is 17.7 Å². The van der Waals surface area contributed by atoms with Gasteiger partial charge in [0.1, 0.15) is 18.5 Å². The van der Waals surface area contributed by atoms with Crippen molar-refractivity contribution in [1.29, 1.82) is 0 Å². The molecule has 1 aromatic heterocycles. The number of carbonyl (C=O) groups excluding carboxylic acids is 3. The molecule has 1 aromatic carbocycles. The highest BCUT2D eigenvalue weighted by Gasteiger charge is 2.26. The van der Waals surface area contributed by atoms with Gasteiger partial charge < -0.3 is 34.3 Å². The maximum atomic E-state index is 12.9. The molecule has 2 N–H and O–H groups in total. The van der Waals surface area contributed by atoms with Crippen LogP contribution < -0.4 is 20.1 Å². The quantitative estimate of drug-likeness (QED) is 0.628. The number of amides is 3. The van der Waals surface area contributed by atoms with Crippen LogP contribution in [0.2, 0.25) is 0 Å². The van der Waals surface area contributed by atoms with Gasteiger partial charge in [0.15, 0.2) is 11.5 Å². The van der Waals surface area contributed by atoms with E-state index in [1.165, 1.54) is 12.0 Å². The van der Waals surface area contributed by atoms with E-state index in [1.807, 2.05) is 36.7 Å². The Hall–Kier alpha value is -3.60. The van der Waals surface area contributed by atoms with E-state index in [0.29, 0.717) is 30.4 Å². The number of carbonyl (C=O) groups is 3. The number of aromatic nitrogens is 2. The number of nitrogens with one attached hydrogen (secondary N) is 2. The second-order valence-electron chi connectivity index (χ2n) is 8.80. The van der Waals surface area contributed by atoms with Crippen LogP contribution in [0.15, 0.2) is 30.6 Å². The molecule has 1 aliphatic heterocycles. The van der Waals surface area contributed by atoms with Crippen LogP contribution in [-0.2, 0) is 25.7 Å². The van der Waals surface area contributed by atoms with Gasteiger partial charge in [0.2, 0.25) is 17.7 Å². The second-order valence-corrected chi connectivity index (χ2v) is 8.80. The van der Waals surface area contributed by atoms with Gasteiger partial charge in [0, 0.05) is 38.2 Å². The highest BCUT2D eigenvalue weighted by atomic mass is 16.5. The van der Waals surface area contributed by atoms with Crippen molar-refractivity contribution in [2.24, 2.45) is 5.92 Å². The molecule has 1 atom stereocenters. The summed E-state index contributed by atoms with van der Waals surface area (Å²) in [5.74, 6) is 0.655. The monoisotopic (exact) mass is 501 g/mol. The predicted molar refractivity (Wildman–Crippen MR) is 133 cm³/mol. The van der Waals surface area contributed by atoms with E-state index in [1.54, 1.807) is 19.4 Å². The number of hydrogen-bond donors (Lipinski definition) is 2. The summed E-state index contributed by atoms with van der Waals surface area (Å²) in [6.45, 7) is 4.89. The lowest BCUT2D eigenvalue weighted by molar-refractivity contribution is -0.138. The van der Waals surface area contributed by atoms with Gasteiger partial charge >= 0.3 is 0 Å². The Morgan fingerprint density at radius 1 is 1.25 bits per heavy atom. The molecule has 0 fully saturated rings. The fourth-order valence-electron chi connectivity index (χ4n) is 3.92. The van der Waals surface area contributed by atoms with Crippen molar-refractivity contribution in [3.63, 3.8) is 0 Å². The SMILES string of the molecule is COCCC(=O)N1CCOc2cc(ccc2OC)-c2nccn2CCNC(=O)[C@@H](C(C)C)NC(=O)C1. The maximum Gasteiger partial charge on any atom is 0.242 e. The van der Waals surface area contributed by atoms with Crippen LogP contribution >= 0.6 is 0 Å². The first-order valence-corrected chi connectivity index (χ1v) is 12.0. The molecule has 11 heteroatoms. The lowest BCUT2D eigenvalue weighted by Gasteiger charge is -2.26. The van der Waals surface area contributed by atoms with Gasteiger partial charge in [0.05, 0.1) is 33.2 Å². The normalized spacial score (nSPS) is 17.5. The zero-order valence-electron chi connectivity index (χ0n) is 21.3. The second kappa shape index (κ2) is 12.9. The first kappa shape index (κ1) is 27.0. The van der Waals surface area contributed by atoms with Crippen LogP contribution in [0.5, 0.6) is 11.5 Å². The van der Waals surface area contributed by atoms with Crippen LogP contribution in [0.1, 0.15) is 20.3 Å². The van der Waals surface area contributed by atoms with E-state index in [-0.39, 0.29) is 50.5 Å². The molecule has 0 aliphatic carbocycles. The molecule has 2 heterocycles. The van der Waals surface area contributed by atoms with Crippen molar-refractivity contribution in [2.45, 2.75) is 32.9 Å². The van der Waals surface area contributed by atoms with E-state index >= 15 is 0 Å². The van der Waals surface area contributed by atoms with Gasteiger partial charge in [0.25, 0.3) is 0 Å². The molecule has 0 saturated heterocycles. The minimum Gasteiger partial charge on any atom is -0.493 e. The summed E-state index contributed by atoms with van der Waals surface area (Å²) in [5.41, 5.74) is 0.816. The largest absolute Gasteiger partial charge is 0.493 e. The average Bonchev–Trinajstić information content (AvgIpc) is 3.32. The molecular weight excluding hydrogens is 466 g/mol. The van der Waals surface area contributed by atoms with Crippen molar-refractivity contribution < 1.29 is 28.6 Å². The molecule has 3 rings (SSSR count). The van der Waals surface area contributed by atoms with Gasteiger partial charge in [-0.3, -0.25) is 14.4 Å². The third-order valence-electron chi connectivity index (χ3n) is 5.88. The molecule has 2 bridgehead atoms. The lowest BCUT2D eigenvalue weighted by Crippen LogP contribution is -2.53. The Bertz CT molecular complexity index is 1050. The summed E-state index contributed by atoms with van der Waals surface area (Å²) in [4.78, 5) is 44.4. The summed E-state index contributed by atoms with van der Waals surface area (Å²) in [5, 5.41) is 5.69. The molecule has 36 heavy (non-hydrogen) atoms. The summed E-state index contributed by atoms with van der Waals surface area (Å²) >= 11 is 0. The Labute approximate surface area is 211 Å². The first-order valence-electron chi connectivity index (χ1n) is 12.0. The number of benzene rings is 1. The summed E-state index contributed by atoms with van der Waals surface area (Å²) in [7, 11) is 3.06. The summed E-state index contributed by atoms with van der Waals surface area (Å²) < 4.78 is 18.4.